The van der Waals surface area contributed by atoms with Crippen molar-refractivity contribution in [1.82, 2.24) is 47.0 Å². The van der Waals surface area contributed by atoms with E-state index in [0.717, 1.165) is 93.2 Å². The summed E-state index contributed by atoms with van der Waals surface area (Å²) in [6, 6.07) is 24.3. The van der Waals surface area contributed by atoms with Gasteiger partial charge in [0.2, 0.25) is 17.8 Å². The number of likely N-dealkylation sites (N-methyl/N-ethyl adjacent to an activating group) is 1. The first-order valence-electron chi connectivity index (χ1n) is 20.5. The molecule has 0 bridgehead atoms. The van der Waals surface area contributed by atoms with Crippen LogP contribution in [0.25, 0.3) is 0 Å². The number of aliphatic imine (C=N–C) groups is 2. The zero-order valence-electron chi connectivity index (χ0n) is 33.8. The van der Waals surface area contributed by atoms with Crippen LogP contribution in [0.3, 0.4) is 0 Å². The number of anilines is 2. The molecule has 4 aromatic rings. The van der Waals surface area contributed by atoms with E-state index in [2.05, 4.69) is 92.1 Å². The molecule has 3 saturated heterocycles. The number of carbonyl (C=O) groups is 1. The number of nitrogens with one attached hydrogen (secondary N) is 5. The summed E-state index contributed by atoms with van der Waals surface area (Å²) < 4.78 is 0. The summed E-state index contributed by atoms with van der Waals surface area (Å²) in [5.74, 6) is 5.20. The Hall–Kier alpha value is -5.47. The quantitative estimate of drug-likeness (QED) is 0.0682. The number of carbonyl (C=O) groups excluding carboxylic acids is 1. The fourth-order valence-electron chi connectivity index (χ4n) is 6.77. The van der Waals surface area contributed by atoms with Gasteiger partial charge in [-0.15, -0.1) is 0 Å². The summed E-state index contributed by atoms with van der Waals surface area (Å²) in [5, 5.41) is 2.73. The van der Waals surface area contributed by atoms with Gasteiger partial charge in [-0.25, -0.2) is 30.8 Å². The Morgan fingerprint density at radius 3 is 2.07 bits per heavy atom. The van der Waals surface area contributed by atoms with E-state index in [9.17, 15) is 4.79 Å². The maximum Gasteiger partial charge on any atom is 0.242 e. The fraction of sp³-hybridized carbons (Fsp3) is 0.465. The summed E-state index contributed by atoms with van der Waals surface area (Å²) in [4.78, 5) is 44.7. The first-order chi connectivity index (χ1) is 27.8. The van der Waals surface area contributed by atoms with Crippen molar-refractivity contribution < 1.29 is 4.79 Å². The number of benzene rings is 2. The second-order valence-corrected chi connectivity index (χ2v) is 15.7. The molecule has 2 unspecified atom stereocenters. The van der Waals surface area contributed by atoms with Crippen LogP contribution in [-0.4, -0.2) is 82.3 Å². The van der Waals surface area contributed by atoms with Crippen molar-refractivity contribution in [3.8, 4) is 0 Å². The van der Waals surface area contributed by atoms with Gasteiger partial charge in [0.05, 0.1) is 11.4 Å². The van der Waals surface area contributed by atoms with Crippen molar-refractivity contribution in [2.45, 2.75) is 90.1 Å². The molecular formula is C43H57N13O. The van der Waals surface area contributed by atoms with Crippen LogP contribution in [0, 0.1) is 5.92 Å². The predicted octanol–water partition coefficient (Wildman–Crippen LogP) is 5.31. The first kappa shape index (κ1) is 39.8. The number of amidine groups is 2. The van der Waals surface area contributed by atoms with Crippen LogP contribution < -0.4 is 36.8 Å². The van der Waals surface area contributed by atoms with Crippen molar-refractivity contribution in [1.29, 1.82) is 0 Å². The molecule has 1 amide bonds. The highest BCUT2D eigenvalue weighted by Crippen LogP contribution is 2.29. The molecule has 3 aliphatic heterocycles. The lowest BCUT2D eigenvalue weighted by Gasteiger charge is -2.39. The van der Waals surface area contributed by atoms with Crippen molar-refractivity contribution in [3.05, 3.63) is 95.3 Å². The minimum atomic E-state index is -0.225. The Kier molecular flexibility index (Phi) is 13.0. The maximum absolute atomic E-state index is 12.2. The minimum absolute atomic E-state index is 0.00632. The smallest absolute Gasteiger partial charge is 0.242 e. The van der Waals surface area contributed by atoms with Crippen molar-refractivity contribution >= 4 is 41.1 Å². The van der Waals surface area contributed by atoms with Gasteiger partial charge in [0.1, 0.15) is 17.7 Å². The molecule has 57 heavy (non-hydrogen) atoms. The van der Waals surface area contributed by atoms with Crippen molar-refractivity contribution in [2.75, 3.05) is 43.0 Å². The molecular weight excluding hydrogens is 715 g/mol. The van der Waals surface area contributed by atoms with E-state index in [-0.39, 0.29) is 17.5 Å². The van der Waals surface area contributed by atoms with Crippen LogP contribution in [0.15, 0.2) is 82.8 Å². The molecule has 300 valence electrons. The molecule has 14 nitrogen and oxygen atoms in total. The van der Waals surface area contributed by atoms with Crippen molar-refractivity contribution in [3.63, 3.8) is 0 Å². The lowest BCUT2D eigenvalue weighted by atomic mass is 9.92. The molecule has 4 fully saturated rings. The monoisotopic (exact) mass is 771 g/mol. The average Bonchev–Trinajstić information content (AvgIpc) is 4.00. The number of hydrazine groups is 2. The zero-order chi connectivity index (χ0) is 39.6. The summed E-state index contributed by atoms with van der Waals surface area (Å²) in [6.07, 6.45) is 9.06. The van der Waals surface area contributed by atoms with Gasteiger partial charge in [-0.05, 0) is 69.4 Å². The molecule has 5 heterocycles. The molecule has 0 radical (unpaired) electrons. The molecule has 5 N–H and O–H groups in total. The fourth-order valence-corrected chi connectivity index (χ4v) is 6.77. The van der Waals surface area contributed by atoms with Gasteiger partial charge in [-0.2, -0.15) is 9.97 Å². The van der Waals surface area contributed by atoms with Crippen LogP contribution in [-0.2, 0) is 17.6 Å². The molecule has 1 aliphatic carbocycles. The Balaban J connectivity index is 0.000000177. The summed E-state index contributed by atoms with van der Waals surface area (Å²) in [5.41, 5.74) is 17.4. The van der Waals surface area contributed by atoms with Gasteiger partial charge < -0.3 is 26.0 Å². The highest BCUT2D eigenvalue weighted by atomic mass is 16.2. The third kappa shape index (κ3) is 11.1. The summed E-state index contributed by atoms with van der Waals surface area (Å²) in [6.45, 7) is 10.2. The molecule has 4 aliphatic rings. The number of nitrogens with zero attached hydrogens (tertiary/aromatic N) is 8. The largest absolute Gasteiger partial charge is 0.357 e. The lowest BCUT2D eigenvalue weighted by Crippen LogP contribution is -2.56. The highest BCUT2D eigenvalue weighted by molar-refractivity contribution is 5.87. The summed E-state index contributed by atoms with van der Waals surface area (Å²) >= 11 is 0. The summed E-state index contributed by atoms with van der Waals surface area (Å²) in [7, 11) is 1.66. The Morgan fingerprint density at radius 2 is 1.53 bits per heavy atom. The Morgan fingerprint density at radius 1 is 0.877 bits per heavy atom. The normalized spacial score (nSPS) is 21.1. The molecule has 2 aromatic heterocycles. The second kappa shape index (κ2) is 18.6. The third-order valence-electron chi connectivity index (χ3n) is 11.0. The van der Waals surface area contributed by atoms with Crippen LogP contribution in [0.4, 0.5) is 23.5 Å². The number of hydrogen-bond donors (Lipinski definition) is 5. The van der Waals surface area contributed by atoms with E-state index in [1.54, 1.807) is 7.05 Å². The average molecular weight is 772 g/mol. The number of aromatic nitrogens is 4. The van der Waals surface area contributed by atoms with Gasteiger partial charge in [0.25, 0.3) is 0 Å². The predicted molar refractivity (Wildman–Crippen MR) is 227 cm³/mol. The van der Waals surface area contributed by atoms with Crippen LogP contribution in [0.5, 0.6) is 0 Å². The molecule has 0 spiro atoms. The van der Waals surface area contributed by atoms with E-state index in [4.69, 9.17) is 19.9 Å². The van der Waals surface area contributed by atoms with E-state index < -0.39 is 0 Å². The first-order valence-corrected chi connectivity index (χ1v) is 20.5. The van der Waals surface area contributed by atoms with E-state index >= 15 is 0 Å². The third-order valence-corrected chi connectivity index (χ3v) is 11.0. The number of hydrogen-bond acceptors (Lipinski definition) is 11. The topological polar surface area (TPSA) is 160 Å². The van der Waals surface area contributed by atoms with Crippen LogP contribution in [0.2, 0.25) is 0 Å². The number of rotatable bonds is 13. The van der Waals surface area contributed by atoms with Gasteiger partial charge >= 0.3 is 0 Å². The standard InChI is InChI=1S/C23H31N7O.C20H26N6/c1-4-23(2)12-10-19(28-29-23)26-20-15-17(14-16-8-6-5-7-9-16)25-22(27-20)30-13-11-18(30)21(31)24-3;1-15(25-21-14-17-8-9-17)22-19-13-18(12-16-6-3-2-4-7-16)23-20(24-19)26-10-5-11-26/h5-9,15,18,29H,4,10-14H2,1-3H3,(H,24,31)(H,25,26,27,28);2-4,6-7,13,17,21H,5,8-12,14H2,1H3,(H,22,23,24,25). The Labute approximate surface area is 336 Å². The molecule has 8 rings (SSSR count). The van der Waals surface area contributed by atoms with Crippen LogP contribution in [0.1, 0.15) is 88.2 Å². The maximum atomic E-state index is 12.2. The zero-order valence-corrected chi connectivity index (χ0v) is 33.8. The molecule has 14 heteroatoms. The lowest BCUT2D eigenvalue weighted by molar-refractivity contribution is -0.123. The Bertz CT molecular complexity index is 2000. The van der Waals surface area contributed by atoms with Gasteiger partial charge in [0.15, 0.2) is 11.6 Å². The minimum Gasteiger partial charge on any atom is -0.357 e. The van der Waals surface area contributed by atoms with Gasteiger partial charge in [-0.3, -0.25) is 4.79 Å². The van der Waals surface area contributed by atoms with Crippen molar-refractivity contribution in [2.24, 2.45) is 15.9 Å². The molecule has 1 saturated carbocycles. The molecule has 2 atom stereocenters. The van der Waals surface area contributed by atoms with E-state index in [1.807, 2.05) is 48.2 Å². The second-order valence-electron chi connectivity index (χ2n) is 15.7. The van der Waals surface area contributed by atoms with Gasteiger partial charge in [0, 0.05) is 70.2 Å². The SMILES string of the molecule is CC(=Nc1cc(Cc2ccccc2)nc(N2CCC2)n1)NNCC1CC1.CCC1(C)CCC(=Nc2cc(Cc3ccccc3)nc(N3CCC3C(=O)NC)n2)NN1. The highest BCUT2D eigenvalue weighted by Gasteiger charge is 2.36. The molecule has 2 aromatic carbocycles. The van der Waals surface area contributed by atoms with Gasteiger partial charge in [-0.1, -0.05) is 67.6 Å². The number of amides is 1. The van der Waals surface area contributed by atoms with E-state index in [0.29, 0.717) is 24.0 Å². The van der Waals surface area contributed by atoms with E-state index in [1.165, 1.54) is 30.4 Å². The van der Waals surface area contributed by atoms with Crippen LogP contribution >= 0.6 is 0 Å².